The molecule has 9 heteroatoms. The number of aromatic nitrogens is 1. The molecule has 0 bridgehead atoms. The van der Waals surface area contributed by atoms with Crippen molar-refractivity contribution >= 4 is 39.3 Å². The molecule has 0 unspecified atom stereocenters. The molecule has 1 atom stereocenters. The summed E-state index contributed by atoms with van der Waals surface area (Å²) in [5, 5.41) is 0. The lowest BCUT2D eigenvalue weighted by Crippen LogP contribution is -2.40. The number of fused-ring (bicyclic) bond motifs is 1. The third kappa shape index (κ3) is 5.29. The van der Waals surface area contributed by atoms with Gasteiger partial charge in [-0.05, 0) is 67.8 Å². The van der Waals surface area contributed by atoms with Crippen molar-refractivity contribution in [3.05, 3.63) is 88.5 Å². The predicted molar refractivity (Wildman–Crippen MR) is 148 cm³/mol. The van der Waals surface area contributed by atoms with Crippen LogP contribution in [-0.2, 0) is 9.53 Å². The smallest absolute Gasteiger partial charge is 0.338 e. The van der Waals surface area contributed by atoms with E-state index in [2.05, 4.69) is 15.9 Å². The Balaban J connectivity index is 2.04. The van der Waals surface area contributed by atoms with E-state index < -0.39 is 12.0 Å². The van der Waals surface area contributed by atoms with Gasteiger partial charge in [-0.15, -0.1) is 0 Å². The molecule has 37 heavy (non-hydrogen) atoms. The van der Waals surface area contributed by atoms with Crippen molar-refractivity contribution in [2.24, 2.45) is 4.99 Å². The standard InChI is InChI=1S/C28H29BrN2O5S/c1-6-8-21-24(27(33)36-7-2)25(20-15-18(29)10-12-22(20)35-5)31-26(32)23(37-28(31)30-21)14-17-9-11-19(34-4)13-16(17)3/h9-15,25H,6-8H2,1-5H3/b23-14+/t25-/m1/s1. The van der Waals surface area contributed by atoms with Gasteiger partial charge in [0.15, 0.2) is 4.80 Å². The van der Waals surface area contributed by atoms with Crippen LogP contribution in [0.25, 0.3) is 6.08 Å². The number of allylic oxidation sites excluding steroid dienone is 1. The van der Waals surface area contributed by atoms with Crippen molar-refractivity contribution in [3.8, 4) is 11.5 Å². The van der Waals surface area contributed by atoms with Crippen molar-refractivity contribution in [1.29, 1.82) is 0 Å². The number of methoxy groups -OCH3 is 2. The highest BCUT2D eigenvalue weighted by atomic mass is 79.9. The molecule has 0 radical (unpaired) electrons. The van der Waals surface area contributed by atoms with E-state index in [0.717, 1.165) is 27.8 Å². The Bertz CT molecular complexity index is 1550. The van der Waals surface area contributed by atoms with E-state index in [9.17, 15) is 9.59 Å². The maximum atomic E-state index is 13.9. The summed E-state index contributed by atoms with van der Waals surface area (Å²) in [6.07, 6.45) is 3.22. The summed E-state index contributed by atoms with van der Waals surface area (Å²) in [4.78, 5) is 32.6. The van der Waals surface area contributed by atoms with Crippen LogP contribution in [0.5, 0.6) is 11.5 Å². The van der Waals surface area contributed by atoms with Gasteiger partial charge in [-0.3, -0.25) is 9.36 Å². The van der Waals surface area contributed by atoms with Crippen LogP contribution in [0, 0.1) is 6.92 Å². The molecule has 0 saturated heterocycles. The molecule has 7 nitrogen and oxygen atoms in total. The topological polar surface area (TPSA) is 79.1 Å². The van der Waals surface area contributed by atoms with Gasteiger partial charge in [-0.25, -0.2) is 9.79 Å². The number of carbonyl (C=O) groups excluding carboxylic acids is 1. The second-order valence-corrected chi connectivity index (χ2v) is 10.4. The summed E-state index contributed by atoms with van der Waals surface area (Å²) >= 11 is 4.85. The van der Waals surface area contributed by atoms with Gasteiger partial charge in [0.2, 0.25) is 0 Å². The zero-order valence-corrected chi connectivity index (χ0v) is 23.9. The van der Waals surface area contributed by atoms with Crippen LogP contribution in [0.1, 0.15) is 49.4 Å². The van der Waals surface area contributed by atoms with Gasteiger partial charge in [0.05, 0.1) is 36.6 Å². The van der Waals surface area contributed by atoms with Gasteiger partial charge in [0.25, 0.3) is 5.56 Å². The number of hydrogen-bond acceptors (Lipinski definition) is 7. The molecular weight excluding hydrogens is 556 g/mol. The molecule has 1 aliphatic rings. The molecule has 4 rings (SSSR count). The van der Waals surface area contributed by atoms with Crippen LogP contribution in [-0.4, -0.2) is 31.4 Å². The maximum absolute atomic E-state index is 13.9. The summed E-state index contributed by atoms with van der Waals surface area (Å²) in [6, 6.07) is 10.5. The highest BCUT2D eigenvalue weighted by Gasteiger charge is 2.36. The van der Waals surface area contributed by atoms with Crippen LogP contribution >= 0.6 is 27.3 Å². The quantitative estimate of drug-likeness (QED) is 0.360. The number of nitrogens with zero attached hydrogens (tertiary/aromatic N) is 2. The number of hydrogen-bond donors (Lipinski definition) is 0. The second kappa shape index (κ2) is 11.5. The molecule has 1 aliphatic heterocycles. The minimum Gasteiger partial charge on any atom is -0.497 e. The number of rotatable bonds is 8. The van der Waals surface area contributed by atoms with E-state index >= 15 is 0 Å². The van der Waals surface area contributed by atoms with E-state index in [1.54, 1.807) is 25.7 Å². The molecule has 1 aromatic heterocycles. The van der Waals surface area contributed by atoms with Crippen LogP contribution in [0.3, 0.4) is 0 Å². The lowest BCUT2D eigenvalue weighted by atomic mass is 9.93. The Kier molecular flexibility index (Phi) is 8.34. The first-order valence-electron chi connectivity index (χ1n) is 12.0. The van der Waals surface area contributed by atoms with Crippen LogP contribution < -0.4 is 24.4 Å². The van der Waals surface area contributed by atoms with Crippen molar-refractivity contribution < 1.29 is 19.0 Å². The van der Waals surface area contributed by atoms with Crippen LogP contribution in [0.15, 0.2) is 61.9 Å². The van der Waals surface area contributed by atoms with Gasteiger partial charge in [0.1, 0.15) is 17.5 Å². The number of aryl methyl sites for hydroxylation is 1. The second-order valence-electron chi connectivity index (χ2n) is 8.52. The predicted octanol–water partition coefficient (Wildman–Crippen LogP) is 4.67. The SMILES string of the molecule is CCCC1=C(C(=O)OCC)[C@@H](c2cc(Br)ccc2OC)n2c(s/c(=C/c3ccc(OC)cc3C)c2=O)=N1. The molecule has 0 fully saturated rings. The average Bonchev–Trinajstić information content (AvgIpc) is 3.19. The van der Waals surface area contributed by atoms with Crippen molar-refractivity contribution in [3.63, 3.8) is 0 Å². The van der Waals surface area contributed by atoms with Gasteiger partial charge in [-0.1, -0.05) is 46.7 Å². The van der Waals surface area contributed by atoms with Gasteiger partial charge in [0, 0.05) is 10.0 Å². The Morgan fingerprint density at radius 1 is 1.16 bits per heavy atom. The third-order valence-corrected chi connectivity index (χ3v) is 7.62. The fraction of sp³-hybridized carbons (Fsp3) is 0.321. The first kappa shape index (κ1) is 26.9. The number of benzene rings is 2. The highest BCUT2D eigenvalue weighted by Crippen LogP contribution is 2.38. The fourth-order valence-electron chi connectivity index (χ4n) is 4.41. The zero-order chi connectivity index (χ0) is 26.7. The number of halogens is 1. The van der Waals surface area contributed by atoms with Gasteiger partial charge < -0.3 is 14.2 Å². The minimum atomic E-state index is -0.747. The number of ether oxygens (including phenoxy) is 3. The first-order valence-corrected chi connectivity index (χ1v) is 13.6. The van der Waals surface area contributed by atoms with Crippen molar-refractivity contribution in [2.75, 3.05) is 20.8 Å². The highest BCUT2D eigenvalue weighted by molar-refractivity contribution is 9.10. The number of carbonyl (C=O) groups is 1. The van der Waals surface area contributed by atoms with E-state index in [0.29, 0.717) is 38.3 Å². The third-order valence-electron chi connectivity index (χ3n) is 6.14. The summed E-state index contributed by atoms with van der Waals surface area (Å²) in [5.74, 6) is 0.830. The van der Waals surface area contributed by atoms with Crippen molar-refractivity contribution in [2.45, 2.75) is 39.7 Å². The summed E-state index contributed by atoms with van der Waals surface area (Å²) in [5.41, 5.74) is 3.32. The normalized spacial score (nSPS) is 15.3. The van der Waals surface area contributed by atoms with E-state index in [1.807, 2.05) is 56.3 Å². The summed E-state index contributed by atoms with van der Waals surface area (Å²) < 4.78 is 19.4. The van der Waals surface area contributed by atoms with Crippen LogP contribution in [0.4, 0.5) is 0 Å². The average molecular weight is 586 g/mol. The summed E-state index contributed by atoms with van der Waals surface area (Å²) in [6.45, 7) is 5.98. The largest absolute Gasteiger partial charge is 0.497 e. The molecule has 3 aromatic rings. The Morgan fingerprint density at radius 2 is 1.95 bits per heavy atom. The van der Waals surface area contributed by atoms with E-state index in [-0.39, 0.29) is 12.2 Å². The number of esters is 1. The number of thiazole rings is 1. The molecule has 0 spiro atoms. The van der Waals surface area contributed by atoms with Crippen molar-refractivity contribution in [1.82, 2.24) is 4.57 Å². The molecule has 0 saturated carbocycles. The Hall–Kier alpha value is -3.17. The molecule has 2 heterocycles. The first-order chi connectivity index (χ1) is 17.8. The maximum Gasteiger partial charge on any atom is 0.338 e. The van der Waals surface area contributed by atoms with Crippen LogP contribution in [0.2, 0.25) is 0 Å². The molecular formula is C28H29BrN2O5S. The van der Waals surface area contributed by atoms with E-state index in [1.165, 1.54) is 11.3 Å². The molecule has 2 aromatic carbocycles. The Labute approximate surface area is 227 Å². The van der Waals surface area contributed by atoms with Gasteiger partial charge in [-0.2, -0.15) is 0 Å². The molecule has 0 aliphatic carbocycles. The molecule has 0 amide bonds. The molecule has 0 N–H and O–H groups in total. The Morgan fingerprint density at radius 3 is 2.59 bits per heavy atom. The lowest BCUT2D eigenvalue weighted by molar-refractivity contribution is -0.139. The monoisotopic (exact) mass is 584 g/mol. The lowest BCUT2D eigenvalue weighted by Gasteiger charge is -2.27. The fourth-order valence-corrected chi connectivity index (χ4v) is 5.80. The zero-order valence-electron chi connectivity index (χ0n) is 21.5. The minimum absolute atomic E-state index is 0.214. The van der Waals surface area contributed by atoms with E-state index in [4.69, 9.17) is 19.2 Å². The van der Waals surface area contributed by atoms with Gasteiger partial charge >= 0.3 is 5.97 Å². The summed E-state index contributed by atoms with van der Waals surface area (Å²) in [7, 11) is 3.20. The molecule has 194 valence electrons.